The van der Waals surface area contributed by atoms with Crippen LogP contribution in [0.5, 0.6) is 5.75 Å². The van der Waals surface area contributed by atoms with Gasteiger partial charge in [-0.3, -0.25) is 9.88 Å². The van der Waals surface area contributed by atoms with Crippen molar-refractivity contribution in [3.05, 3.63) is 77.6 Å². The van der Waals surface area contributed by atoms with E-state index in [0.717, 1.165) is 49.4 Å². The van der Waals surface area contributed by atoms with Crippen LogP contribution in [0, 0.1) is 6.92 Å². The number of piperazine rings is 1. The first-order valence-corrected chi connectivity index (χ1v) is 10.3. The number of benzene rings is 1. The third kappa shape index (κ3) is 5.45. The lowest BCUT2D eigenvalue weighted by Crippen LogP contribution is -2.49. The topological polar surface area (TPSA) is 74.3 Å². The zero-order chi connectivity index (χ0) is 20.8. The normalized spacial score (nSPS) is 14.6. The number of imidazole rings is 1. The van der Waals surface area contributed by atoms with Crippen LogP contribution < -0.4 is 4.74 Å². The molecule has 0 atom stereocenters. The Morgan fingerprint density at radius 2 is 1.87 bits per heavy atom. The Labute approximate surface area is 176 Å². The van der Waals surface area contributed by atoms with Crippen LogP contribution in [0.1, 0.15) is 22.5 Å². The average Bonchev–Trinajstić information content (AvgIpc) is 3.28. The van der Waals surface area contributed by atoms with Gasteiger partial charge in [-0.2, -0.15) is 0 Å². The molecular formula is C23H27N5O2. The Hall–Kier alpha value is -3.19. The van der Waals surface area contributed by atoms with Crippen LogP contribution in [0.15, 0.2) is 55.1 Å². The maximum absolute atomic E-state index is 12.5. The third-order valence-corrected chi connectivity index (χ3v) is 5.36. The highest BCUT2D eigenvalue weighted by molar-refractivity contribution is 5.70. The van der Waals surface area contributed by atoms with Crippen molar-refractivity contribution >= 4 is 6.09 Å². The number of carbonyl (C=O) groups is 1. The number of aryl methyl sites for hydroxylation is 1. The van der Waals surface area contributed by atoms with Gasteiger partial charge in [0.25, 0.3) is 0 Å². The van der Waals surface area contributed by atoms with E-state index < -0.39 is 0 Å². The number of ether oxygens (including phenoxy) is 1. The summed E-state index contributed by atoms with van der Waals surface area (Å²) in [6, 6.07) is 11.7. The molecule has 0 aliphatic carbocycles. The molecule has 0 radical (unpaired) electrons. The second-order valence-corrected chi connectivity index (χ2v) is 7.65. The van der Waals surface area contributed by atoms with Crippen LogP contribution in [0.25, 0.3) is 0 Å². The van der Waals surface area contributed by atoms with Crippen molar-refractivity contribution in [1.82, 2.24) is 24.8 Å². The Balaban J connectivity index is 1.23. The van der Waals surface area contributed by atoms with E-state index in [1.807, 2.05) is 42.7 Å². The van der Waals surface area contributed by atoms with Crippen LogP contribution >= 0.6 is 0 Å². The molecule has 0 spiro atoms. The number of nitrogens with zero attached hydrogens (tertiary/aromatic N) is 4. The van der Waals surface area contributed by atoms with E-state index in [1.54, 1.807) is 11.2 Å². The molecule has 0 unspecified atom stereocenters. The molecule has 1 saturated heterocycles. The van der Waals surface area contributed by atoms with Gasteiger partial charge >= 0.3 is 6.09 Å². The second kappa shape index (κ2) is 9.54. The largest absolute Gasteiger partial charge is 0.415 e. The SMILES string of the molecule is Cc1ccnc(Cc2ccc(OC(=O)N3CCN(CCc4c[nH]cn4)CC3)cc2)c1. The first-order chi connectivity index (χ1) is 14.7. The quantitative estimate of drug-likeness (QED) is 0.682. The number of nitrogens with one attached hydrogen (secondary N) is 1. The van der Waals surface area contributed by atoms with Crippen LogP contribution in [0.4, 0.5) is 4.79 Å². The zero-order valence-electron chi connectivity index (χ0n) is 17.3. The van der Waals surface area contributed by atoms with Gasteiger partial charge < -0.3 is 14.6 Å². The standard InChI is InChI=1S/C23H27N5O2/c1-18-6-8-25-21(14-18)15-19-2-4-22(5-3-19)30-23(29)28-12-10-27(11-13-28)9-7-20-16-24-17-26-20/h2-6,8,14,16-17H,7,9-13,15H2,1H3,(H,24,26). The number of pyridine rings is 1. The summed E-state index contributed by atoms with van der Waals surface area (Å²) >= 11 is 0. The summed E-state index contributed by atoms with van der Waals surface area (Å²) in [6.07, 6.45) is 6.85. The van der Waals surface area contributed by atoms with Crippen molar-refractivity contribution in [3.8, 4) is 5.75 Å². The van der Waals surface area contributed by atoms with Crippen molar-refractivity contribution < 1.29 is 9.53 Å². The van der Waals surface area contributed by atoms with Crippen molar-refractivity contribution in [3.63, 3.8) is 0 Å². The van der Waals surface area contributed by atoms with E-state index in [1.165, 1.54) is 5.56 Å². The Kier molecular flexibility index (Phi) is 6.39. The number of aromatic nitrogens is 3. The average molecular weight is 406 g/mol. The summed E-state index contributed by atoms with van der Waals surface area (Å²) in [4.78, 5) is 28.3. The van der Waals surface area contributed by atoms with E-state index in [2.05, 4.69) is 32.8 Å². The minimum Gasteiger partial charge on any atom is -0.410 e. The lowest BCUT2D eigenvalue weighted by atomic mass is 10.1. The van der Waals surface area contributed by atoms with Crippen molar-refractivity contribution in [1.29, 1.82) is 0 Å². The van der Waals surface area contributed by atoms with Crippen molar-refractivity contribution in [2.45, 2.75) is 19.8 Å². The molecule has 3 heterocycles. The Bertz CT molecular complexity index is 948. The van der Waals surface area contributed by atoms with Crippen LogP contribution in [-0.2, 0) is 12.8 Å². The minimum absolute atomic E-state index is 0.282. The molecule has 3 aromatic rings. The fourth-order valence-corrected chi connectivity index (χ4v) is 3.60. The zero-order valence-corrected chi connectivity index (χ0v) is 17.3. The van der Waals surface area contributed by atoms with Gasteiger partial charge in [0.05, 0.1) is 12.0 Å². The van der Waals surface area contributed by atoms with Crippen molar-refractivity contribution in [2.75, 3.05) is 32.7 Å². The molecule has 30 heavy (non-hydrogen) atoms. The molecule has 0 bridgehead atoms. The molecule has 1 amide bonds. The summed E-state index contributed by atoms with van der Waals surface area (Å²) in [6.45, 7) is 6.06. The molecular weight excluding hydrogens is 378 g/mol. The molecule has 1 N–H and O–H groups in total. The number of H-pyrrole nitrogens is 1. The number of amides is 1. The third-order valence-electron chi connectivity index (χ3n) is 5.36. The number of hydrogen-bond donors (Lipinski definition) is 1. The second-order valence-electron chi connectivity index (χ2n) is 7.65. The molecule has 1 aliphatic rings. The van der Waals surface area contributed by atoms with E-state index >= 15 is 0 Å². The first kappa shape index (κ1) is 20.1. The highest BCUT2D eigenvalue weighted by Gasteiger charge is 2.22. The van der Waals surface area contributed by atoms with E-state index in [-0.39, 0.29) is 6.09 Å². The molecule has 156 valence electrons. The highest BCUT2D eigenvalue weighted by Crippen LogP contribution is 2.16. The maximum atomic E-state index is 12.5. The summed E-state index contributed by atoms with van der Waals surface area (Å²) in [7, 11) is 0. The minimum atomic E-state index is -0.282. The van der Waals surface area contributed by atoms with Gasteiger partial charge in [-0.1, -0.05) is 12.1 Å². The van der Waals surface area contributed by atoms with E-state index in [9.17, 15) is 4.79 Å². The van der Waals surface area contributed by atoms with Gasteiger partial charge in [-0.25, -0.2) is 9.78 Å². The van der Waals surface area contributed by atoms with Gasteiger partial charge in [-0.05, 0) is 42.3 Å². The monoisotopic (exact) mass is 405 g/mol. The molecule has 4 rings (SSSR count). The van der Waals surface area contributed by atoms with Crippen LogP contribution in [0.3, 0.4) is 0 Å². The molecule has 1 fully saturated rings. The summed E-state index contributed by atoms with van der Waals surface area (Å²) in [5.41, 5.74) is 4.44. The predicted octanol–water partition coefficient (Wildman–Crippen LogP) is 3.06. The lowest BCUT2D eigenvalue weighted by molar-refractivity contribution is 0.111. The van der Waals surface area contributed by atoms with Gasteiger partial charge in [0.1, 0.15) is 5.75 Å². The van der Waals surface area contributed by atoms with Crippen LogP contribution in [-0.4, -0.2) is 63.6 Å². The lowest BCUT2D eigenvalue weighted by Gasteiger charge is -2.33. The number of aromatic amines is 1. The highest BCUT2D eigenvalue weighted by atomic mass is 16.6. The summed E-state index contributed by atoms with van der Waals surface area (Å²) in [5.74, 6) is 0.571. The van der Waals surface area contributed by atoms with Gasteiger partial charge in [0.15, 0.2) is 0 Å². The molecule has 7 heteroatoms. The summed E-state index contributed by atoms with van der Waals surface area (Å²) in [5, 5.41) is 0. The van der Waals surface area contributed by atoms with Gasteiger partial charge in [0, 0.05) is 63.7 Å². The molecule has 1 aliphatic heterocycles. The molecule has 7 nitrogen and oxygen atoms in total. The van der Waals surface area contributed by atoms with Crippen LogP contribution in [0.2, 0.25) is 0 Å². The Morgan fingerprint density at radius 3 is 2.57 bits per heavy atom. The number of hydrogen-bond acceptors (Lipinski definition) is 5. The van der Waals surface area contributed by atoms with Gasteiger partial charge in [-0.15, -0.1) is 0 Å². The smallest absolute Gasteiger partial charge is 0.410 e. The molecule has 2 aromatic heterocycles. The Morgan fingerprint density at radius 1 is 1.07 bits per heavy atom. The number of rotatable bonds is 6. The van der Waals surface area contributed by atoms with E-state index in [4.69, 9.17) is 4.74 Å². The first-order valence-electron chi connectivity index (χ1n) is 10.3. The van der Waals surface area contributed by atoms with E-state index in [0.29, 0.717) is 18.8 Å². The predicted molar refractivity (Wildman–Crippen MR) is 115 cm³/mol. The maximum Gasteiger partial charge on any atom is 0.415 e. The number of carbonyl (C=O) groups excluding carboxylic acids is 1. The molecule has 0 saturated carbocycles. The van der Waals surface area contributed by atoms with Gasteiger partial charge in [0.2, 0.25) is 0 Å². The summed E-state index contributed by atoms with van der Waals surface area (Å²) < 4.78 is 5.57. The fraction of sp³-hybridized carbons (Fsp3) is 0.348. The fourth-order valence-electron chi connectivity index (χ4n) is 3.60. The van der Waals surface area contributed by atoms with Crippen molar-refractivity contribution in [2.24, 2.45) is 0 Å². The molecule has 1 aromatic carbocycles.